The van der Waals surface area contributed by atoms with E-state index in [2.05, 4.69) is 25.5 Å². The number of halogens is 1. The standard InChI is InChI=1S/C24H24FN7O3/c1-13-8-26-23(27-9-13)16-7-17(16)24(33)29-21-6-14-5-18(19(25)11-32(14)30-21)22-20(10-28-31(22)2)35-12-15-3-4-34-15/h5-6,8-11,15-17H,3-4,7,12H2,1-2H3,(H,29,30,33)/t15-,16-,17+/m0/s1. The van der Waals surface area contributed by atoms with Crippen LogP contribution in [0.4, 0.5) is 10.2 Å². The summed E-state index contributed by atoms with van der Waals surface area (Å²) in [6, 6.07) is 3.38. The summed E-state index contributed by atoms with van der Waals surface area (Å²) in [5, 5.41) is 11.4. The first-order valence-electron chi connectivity index (χ1n) is 11.5. The lowest BCUT2D eigenvalue weighted by Gasteiger charge is -2.26. The Kier molecular flexibility index (Phi) is 5.21. The molecule has 0 unspecified atom stereocenters. The van der Waals surface area contributed by atoms with Crippen LogP contribution in [-0.4, -0.2) is 54.6 Å². The zero-order valence-electron chi connectivity index (χ0n) is 19.3. The van der Waals surface area contributed by atoms with Gasteiger partial charge < -0.3 is 14.8 Å². The molecule has 180 valence electrons. The second-order valence-corrected chi connectivity index (χ2v) is 9.06. The maximum atomic E-state index is 15.1. The number of carbonyl (C=O) groups is 1. The van der Waals surface area contributed by atoms with Gasteiger partial charge in [-0.2, -0.15) is 5.10 Å². The molecule has 35 heavy (non-hydrogen) atoms. The third-order valence-corrected chi connectivity index (χ3v) is 6.44. The molecule has 11 heteroatoms. The van der Waals surface area contributed by atoms with E-state index in [-0.39, 0.29) is 23.8 Å². The summed E-state index contributed by atoms with van der Waals surface area (Å²) < 4.78 is 29.4. The first-order chi connectivity index (χ1) is 17.0. The number of amides is 1. The van der Waals surface area contributed by atoms with Gasteiger partial charge in [0.1, 0.15) is 18.1 Å². The van der Waals surface area contributed by atoms with Crippen molar-refractivity contribution in [3.8, 4) is 17.0 Å². The van der Waals surface area contributed by atoms with Gasteiger partial charge >= 0.3 is 0 Å². The highest BCUT2D eigenvalue weighted by Crippen LogP contribution is 2.46. The molecule has 0 bridgehead atoms. The number of carbonyl (C=O) groups excluding carboxylic acids is 1. The Balaban J connectivity index is 1.20. The van der Waals surface area contributed by atoms with E-state index >= 15 is 4.39 Å². The Hall–Kier alpha value is -3.86. The number of aromatic nitrogens is 6. The maximum absolute atomic E-state index is 15.1. The summed E-state index contributed by atoms with van der Waals surface area (Å²) in [7, 11) is 1.73. The number of ether oxygens (including phenoxy) is 2. The van der Waals surface area contributed by atoms with E-state index in [4.69, 9.17) is 9.47 Å². The van der Waals surface area contributed by atoms with Crippen molar-refractivity contribution >= 4 is 17.2 Å². The number of hydrogen-bond acceptors (Lipinski definition) is 7. The molecule has 0 radical (unpaired) electrons. The topological polar surface area (TPSA) is 108 Å². The highest BCUT2D eigenvalue weighted by molar-refractivity contribution is 5.95. The number of anilines is 1. The van der Waals surface area contributed by atoms with Crippen molar-refractivity contribution in [3.05, 3.63) is 54.1 Å². The van der Waals surface area contributed by atoms with Gasteiger partial charge in [0.25, 0.3) is 0 Å². The minimum Gasteiger partial charge on any atom is -0.487 e. The van der Waals surface area contributed by atoms with Crippen LogP contribution in [0, 0.1) is 18.7 Å². The van der Waals surface area contributed by atoms with Crippen LogP contribution < -0.4 is 10.1 Å². The molecule has 1 aliphatic heterocycles. The van der Waals surface area contributed by atoms with Crippen molar-refractivity contribution in [2.24, 2.45) is 13.0 Å². The number of fused-ring (bicyclic) bond motifs is 1. The monoisotopic (exact) mass is 477 g/mol. The summed E-state index contributed by atoms with van der Waals surface area (Å²) in [6.45, 7) is 3.05. The average molecular weight is 478 g/mol. The number of nitrogens with one attached hydrogen (secondary N) is 1. The average Bonchev–Trinajstić information content (AvgIpc) is 3.39. The molecule has 4 aromatic rings. The van der Waals surface area contributed by atoms with Crippen LogP contribution in [0.5, 0.6) is 5.75 Å². The van der Waals surface area contributed by atoms with Crippen LogP contribution in [0.3, 0.4) is 0 Å². The normalized spacial score (nSPS) is 21.1. The molecule has 0 aromatic carbocycles. The van der Waals surface area contributed by atoms with Gasteiger partial charge in [-0.05, 0) is 25.0 Å². The predicted octanol–water partition coefficient (Wildman–Crippen LogP) is 2.88. The van der Waals surface area contributed by atoms with Gasteiger partial charge in [0, 0.05) is 55.9 Å². The molecule has 10 nitrogen and oxygen atoms in total. The highest BCUT2D eigenvalue weighted by atomic mass is 19.1. The number of aryl methyl sites for hydroxylation is 2. The maximum Gasteiger partial charge on any atom is 0.229 e. The van der Waals surface area contributed by atoms with Crippen LogP contribution in [0.15, 0.2) is 36.9 Å². The lowest BCUT2D eigenvalue weighted by atomic mass is 10.1. The summed E-state index contributed by atoms with van der Waals surface area (Å²) in [6.07, 6.45) is 8.05. The summed E-state index contributed by atoms with van der Waals surface area (Å²) in [5.41, 5.74) is 2.46. The fourth-order valence-corrected chi connectivity index (χ4v) is 4.27. The molecule has 6 rings (SSSR count). The third kappa shape index (κ3) is 4.12. The van der Waals surface area contributed by atoms with E-state index in [0.717, 1.165) is 18.6 Å². The van der Waals surface area contributed by atoms with Crippen LogP contribution in [0.1, 0.15) is 30.1 Å². The summed E-state index contributed by atoms with van der Waals surface area (Å²) in [5.74, 6) is 0.682. The smallest absolute Gasteiger partial charge is 0.229 e. The molecule has 2 fully saturated rings. The minimum atomic E-state index is -0.481. The van der Waals surface area contributed by atoms with Crippen LogP contribution in [0.2, 0.25) is 0 Å². The van der Waals surface area contributed by atoms with E-state index in [0.29, 0.717) is 47.2 Å². The van der Waals surface area contributed by atoms with Crippen molar-refractivity contribution in [3.63, 3.8) is 0 Å². The molecule has 2 aliphatic rings. The van der Waals surface area contributed by atoms with Crippen molar-refractivity contribution in [2.75, 3.05) is 18.5 Å². The molecule has 0 spiro atoms. The zero-order chi connectivity index (χ0) is 24.1. The van der Waals surface area contributed by atoms with Gasteiger partial charge in [-0.15, -0.1) is 5.10 Å². The molecule has 1 saturated carbocycles. The van der Waals surface area contributed by atoms with Crippen molar-refractivity contribution in [1.29, 1.82) is 0 Å². The van der Waals surface area contributed by atoms with Gasteiger partial charge in [0.15, 0.2) is 17.4 Å². The molecule has 1 amide bonds. The lowest BCUT2D eigenvalue weighted by molar-refractivity contribution is -0.117. The Labute approximate surface area is 200 Å². The van der Waals surface area contributed by atoms with E-state index in [9.17, 15) is 4.79 Å². The quantitative estimate of drug-likeness (QED) is 0.436. The zero-order valence-corrected chi connectivity index (χ0v) is 19.3. The van der Waals surface area contributed by atoms with Crippen molar-refractivity contribution < 1.29 is 18.7 Å². The molecule has 4 aromatic heterocycles. The third-order valence-electron chi connectivity index (χ3n) is 6.44. The highest BCUT2D eigenvalue weighted by Gasteiger charge is 2.46. The van der Waals surface area contributed by atoms with Crippen molar-refractivity contribution in [1.82, 2.24) is 29.4 Å². The van der Waals surface area contributed by atoms with E-state index in [1.807, 2.05) is 6.92 Å². The molecular weight excluding hydrogens is 453 g/mol. The first kappa shape index (κ1) is 21.7. The van der Waals surface area contributed by atoms with E-state index in [1.54, 1.807) is 42.5 Å². The van der Waals surface area contributed by atoms with Gasteiger partial charge in [0.05, 0.1) is 24.0 Å². The Morgan fingerprint density at radius 3 is 2.83 bits per heavy atom. The SMILES string of the molecule is Cc1cnc([C@H]2C[C@H]2C(=O)Nc2cc3cc(-c4c(OC[C@@H]5CCO5)cnn4C)c(F)cn3n2)nc1. The summed E-state index contributed by atoms with van der Waals surface area (Å²) in [4.78, 5) is 21.4. The minimum absolute atomic E-state index is 0.00489. The van der Waals surface area contributed by atoms with Crippen molar-refractivity contribution in [2.45, 2.75) is 31.8 Å². The van der Waals surface area contributed by atoms with Crippen LogP contribution in [0.25, 0.3) is 16.8 Å². The molecule has 1 aliphatic carbocycles. The second kappa shape index (κ2) is 8.42. The fraction of sp³-hybridized carbons (Fsp3) is 0.375. The Morgan fingerprint density at radius 1 is 1.29 bits per heavy atom. The van der Waals surface area contributed by atoms with Gasteiger partial charge in [-0.25, -0.2) is 18.9 Å². The number of nitrogens with zero attached hydrogens (tertiary/aromatic N) is 6. The lowest BCUT2D eigenvalue weighted by Crippen LogP contribution is -2.32. The number of rotatable bonds is 7. The largest absolute Gasteiger partial charge is 0.487 e. The molecule has 5 heterocycles. The molecule has 1 saturated heterocycles. The van der Waals surface area contributed by atoms with E-state index < -0.39 is 5.82 Å². The number of pyridine rings is 1. The fourth-order valence-electron chi connectivity index (χ4n) is 4.27. The van der Waals surface area contributed by atoms with Gasteiger partial charge in [-0.1, -0.05) is 0 Å². The van der Waals surface area contributed by atoms with Crippen LogP contribution in [-0.2, 0) is 16.6 Å². The Bertz CT molecular complexity index is 1410. The van der Waals surface area contributed by atoms with Crippen LogP contribution >= 0.6 is 0 Å². The molecule has 1 N–H and O–H groups in total. The number of hydrogen-bond donors (Lipinski definition) is 1. The Morgan fingerprint density at radius 2 is 2.09 bits per heavy atom. The van der Waals surface area contributed by atoms with Gasteiger partial charge in [-0.3, -0.25) is 9.48 Å². The second-order valence-electron chi connectivity index (χ2n) is 9.06. The van der Waals surface area contributed by atoms with E-state index in [1.165, 1.54) is 10.7 Å². The first-order valence-corrected chi connectivity index (χ1v) is 11.5. The van der Waals surface area contributed by atoms with Gasteiger partial charge in [0.2, 0.25) is 5.91 Å². The summed E-state index contributed by atoms with van der Waals surface area (Å²) >= 11 is 0. The molecule has 3 atom stereocenters. The predicted molar refractivity (Wildman–Crippen MR) is 123 cm³/mol. The molecular formula is C24H24FN7O3.